The van der Waals surface area contributed by atoms with Crippen LogP contribution in [0.2, 0.25) is 0 Å². The van der Waals surface area contributed by atoms with Crippen LogP contribution in [-0.2, 0) is 0 Å². The zero-order chi connectivity index (χ0) is 11.0. The lowest BCUT2D eigenvalue weighted by molar-refractivity contribution is 0.0699. The van der Waals surface area contributed by atoms with Crippen molar-refractivity contribution in [2.24, 2.45) is 0 Å². The Balaban J connectivity index is 2.94. The number of aromatic carboxylic acids is 1. The Hall–Kier alpha value is -2.23. The largest absolute Gasteiger partial charge is 0.478 e. The summed E-state index contributed by atoms with van der Waals surface area (Å²) in [6, 6.07) is 8.35. The van der Waals surface area contributed by atoms with E-state index in [9.17, 15) is 4.79 Å². The number of nitrogens with two attached hydrogens (primary N) is 2. The van der Waals surface area contributed by atoms with Gasteiger partial charge in [-0.05, 0) is 23.6 Å². The molecule has 0 spiro atoms. The average Bonchev–Trinajstić information content (AvgIpc) is 2.16. The number of hydrogen-bond donors (Lipinski definition) is 3. The first kappa shape index (κ1) is 9.33. The van der Waals surface area contributed by atoms with Gasteiger partial charge in [-0.2, -0.15) is 0 Å². The maximum Gasteiger partial charge on any atom is 0.336 e. The normalized spacial score (nSPS) is 10.4. The molecule has 0 aromatic heterocycles. The second-order valence-electron chi connectivity index (χ2n) is 3.32. The van der Waals surface area contributed by atoms with E-state index in [1.807, 2.05) is 0 Å². The van der Waals surface area contributed by atoms with E-state index in [-0.39, 0.29) is 5.56 Å². The first-order valence-electron chi connectivity index (χ1n) is 4.40. The number of carbonyl (C=O) groups is 1. The summed E-state index contributed by atoms with van der Waals surface area (Å²) >= 11 is 0. The molecule has 0 heterocycles. The minimum absolute atomic E-state index is 0.142. The predicted molar refractivity (Wildman–Crippen MR) is 59.7 cm³/mol. The van der Waals surface area contributed by atoms with Crippen molar-refractivity contribution >= 4 is 28.1 Å². The number of nitrogen functional groups attached to an aromatic ring is 2. The molecule has 0 saturated heterocycles. The predicted octanol–water partition coefficient (Wildman–Crippen LogP) is 1.70. The molecule has 0 aliphatic carbocycles. The van der Waals surface area contributed by atoms with Gasteiger partial charge in [-0.15, -0.1) is 0 Å². The molecular weight excluding hydrogens is 192 g/mol. The summed E-state index contributed by atoms with van der Waals surface area (Å²) in [5.41, 5.74) is 12.4. The first-order valence-corrected chi connectivity index (χ1v) is 4.40. The number of hydrogen-bond acceptors (Lipinski definition) is 3. The van der Waals surface area contributed by atoms with Gasteiger partial charge < -0.3 is 16.6 Å². The van der Waals surface area contributed by atoms with Crippen molar-refractivity contribution in [2.45, 2.75) is 0 Å². The highest BCUT2D eigenvalue weighted by Gasteiger charge is 2.11. The van der Waals surface area contributed by atoms with Crippen LogP contribution in [0.5, 0.6) is 0 Å². The van der Waals surface area contributed by atoms with E-state index in [4.69, 9.17) is 16.6 Å². The summed E-state index contributed by atoms with van der Waals surface area (Å²) in [5.74, 6) is -1.02. The molecular formula is C11H10N2O2. The summed E-state index contributed by atoms with van der Waals surface area (Å²) in [5, 5.41) is 10.3. The van der Waals surface area contributed by atoms with Gasteiger partial charge in [-0.25, -0.2) is 4.79 Å². The van der Waals surface area contributed by atoms with Gasteiger partial charge >= 0.3 is 5.97 Å². The molecule has 5 N–H and O–H groups in total. The SMILES string of the molecule is Nc1cc(C(=O)O)c2c(N)cccc2c1. The topological polar surface area (TPSA) is 89.3 Å². The highest BCUT2D eigenvalue weighted by Crippen LogP contribution is 2.27. The molecule has 0 atom stereocenters. The maximum absolute atomic E-state index is 11.0. The number of fused-ring (bicyclic) bond motifs is 1. The molecule has 2 aromatic rings. The zero-order valence-electron chi connectivity index (χ0n) is 7.90. The number of carboxylic acid groups (broad SMARTS) is 1. The van der Waals surface area contributed by atoms with Crippen molar-refractivity contribution in [2.75, 3.05) is 11.5 Å². The van der Waals surface area contributed by atoms with Crippen LogP contribution in [0, 0.1) is 0 Å². The number of anilines is 2. The third-order valence-corrected chi connectivity index (χ3v) is 2.26. The Labute approximate surface area is 86.1 Å². The van der Waals surface area contributed by atoms with Crippen LogP contribution in [0.3, 0.4) is 0 Å². The molecule has 4 heteroatoms. The molecule has 76 valence electrons. The first-order chi connectivity index (χ1) is 7.09. The van der Waals surface area contributed by atoms with Gasteiger partial charge in [0.1, 0.15) is 0 Å². The third kappa shape index (κ3) is 1.46. The van der Waals surface area contributed by atoms with E-state index in [2.05, 4.69) is 0 Å². The van der Waals surface area contributed by atoms with Crippen LogP contribution in [0.15, 0.2) is 30.3 Å². The monoisotopic (exact) mass is 202 g/mol. The van der Waals surface area contributed by atoms with E-state index < -0.39 is 5.97 Å². The molecule has 2 rings (SSSR count). The summed E-state index contributed by atoms with van der Waals surface area (Å²) < 4.78 is 0. The van der Waals surface area contributed by atoms with Gasteiger partial charge in [0.2, 0.25) is 0 Å². The van der Waals surface area contributed by atoms with E-state index in [0.29, 0.717) is 16.8 Å². The van der Waals surface area contributed by atoms with Crippen LogP contribution < -0.4 is 11.5 Å². The smallest absolute Gasteiger partial charge is 0.336 e. The van der Waals surface area contributed by atoms with Crippen LogP contribution in [0.1, 0.15) is 10.4 Å². The fourth-order valence-electron chi connectivity index (χ4n) is 1.65. The summed E-state index contributed by atoms with van der Waals surface area (Å²) in [6.07, 6.45) is 0. The molecule has 4 nitrogen and oxygen atoms in total. The summed E-state index contributed by atoms with van der Waals surface area (Å²) in [6.45, 7) is 0. The van der Waals surface area contributed by atoms with Crippen molar-refractivity contribution in [3.63, 3.8) is 0 Å². The van der Waals surface area contributed by atoms with Gasteiger partial charge in [0.25, 0.3) is 0 Å². The highest BCUT2D eigenvalue weighted by atomic mass is 16.4. The second kappa shape index (κ2) is 3.16. The van der Waals surface area contributed by atoms with E-state index >= 15 is 0 Å². The van der Waals surface area contributed by atoms with Crippen LogP contribution in [-0.4, -0.2) is 11.1 Å². The lowest BCUT2D eigenvalue weighted by Crippen LogP contribution is -2.01. The van der Waals surface area contributed by atoms with Gasteiger partial charge in [0.05, 0.1) is 5.56 Å². The fraction of sp³-hybridized carbons (Fsp3) is 0. The molecule has 0 aliphatic rings. The Kier molecular flexibility index (Phi) is 1.97. The highest BCUT2D eigenvalue weighted by molar-refractivity contribution is 6.09. The number of rotatable bonds is 1. The van der Waals surface area contributed by atoms with Crippen molar-refractivity contribution in [3.05, 3.63) is 35.9 Å². The van der Waals surface area contributed by atoms with Gasteiger partial charge in [-0.3, -0.25) is 0 Å². The molecule has 2 aromatic carbocycles. The second-order valence-corrected chi connectivity index (χ2v) is 3.32. The van der Waals surface area contributed by atoms with Crippen LogP contribution in [0.25, 0.3) is 10.8 Å². The molecule has 0 saturated carbocycles. The zero-order valence-corrected chi connectivity index (χ0v) is 7.90. The Morgan fingerprint density at radius 2 is 1.93 bits per heavy atom. The third-order valence-electron chi connectivity index (χ3n) is 2.26. The molecule has 0 aliphatic heterocycles. The van der Waals surface area contributed by atoms with Crippen molar-refractivity contribution < 1.29 is 9.90 Å². The average molecular weight is 202 g/mol. The van der Waals surface area contributed by atoms with Crippen molar-refractivity contribution in [1.29, 1.82) is 0 Å². The van der Waals surface area contributed by atoms with Crippen molar-refractivity contribution in [1.82, 2.24) is 0 Å². The molecule has 0 amide bonds. The van der Waals surface area contributed by atoms with E-state index in [1.54, 1.807) is 24.3 Å². The number of carboxylic acids is 1. The Morgan fingerprint density at radius 3 is 2.60 bits per heavy atom. The summed E-state index contributed by atoms with van der Waals surface area (Å²) in [7, 11) is 0. The molecule has 0 fully saturated rings. The fourth-order valence-corrected chi connectivity index (χ4v) is 1.65. The quantitative estimate of drug-likeness (QED) is 0.614. The maximum atomic E-state index is 11.0. The lowest BCUT2D eigenvalue weighted by Gasteiger charge is -2.06. The molecule has 0 bridgehead atoms. The Morgan fingerprint density at radius 1 is 1.20 bits per heavy atom. The van der Waals surface area contributed by atoms with Crippen molar-refractivity contribution in [3.8, 4) is 0 Å². The Bertz CT molecular complexity index is 550. The van der Waals surface area contributed by atoms with E-state index in [1.165, 1.54) is 6.07 Å². The molecule has 0 radical (unpaired) electrons. The minimum atomic E-state index is -1.02. The van der Waals surface area contributed by atoms with Gasteiger partial charge in [0, 0.05) is 16.8 Å². The van der Waals surface area contributed by atoms with Gasteiger partial charge in [0.15, 0.2) is 0 Å². The molecule has 0 unspecified atom stereocenters. The van der Waals surface area contributed by atoms with Crippen LogP contribution >= 0.6 is 0 Å². The number of benzene rings is 2. The van der Waals surface area contributed by atoms with Gasteiger partial charge in [-0.1, -0.05) is 12.1 Å². The summed E-state index contributed by atoms with van der Waals surface area (Å²) in [4.78, 5) is 11.0. The minimum Gasteiger partial charge on any atom is -0.478 e. The van der Waals surface area contributed by atoms with Crippen LogP contribution in [0.4, 0.5) is 11.4 Å². The lowest BCUT2D eigenvalue weighted by atomic mass is 10.0. The standard InChI is InChI=1S/C11H10N2O2/c12-7-4-6-2-1-3-9(13)10(6)8(5-7)11(14)15/h1-5H,12-13H2,(H,14,15). The van der Waals surface area contributed by atoms with E-state index in [0.717, 1.165) is 5.39 Å². The molecule has 15 heavy (non-hydrogen) atoms.